The van der Waals surface area contributed by atoms with Crippen molar-refractivity contribution in [2.75, 3.05) is 6.66 Å². The summed E-state index contributed by atoms with van der Waals surface area (Å²) >= 11 is 1.79. The zero-order chi connectivity index (χ0) is 6.85. The van der Waals surface area contributed by atoms with E-state index >= 15 is 0 Å². The van der Waals surface area contributed by atoms with Crippen molar-refractivity contribution in [3.8, 4) is 0 Å². The summed E-state index contributed by atoms with van der Waals surface area (Å²) in [6.07, 6.45) is 0. The van der Waals surface area contributed by atoms with Crippen molar-refractivity contribution in [3.63, 3.8) is 0 Å². The fourth-order valence-corrected chi connectivity index (χ4v) is 2.66. The Hall–Kier alpha value is 3.11. The van der Waals surface area contributed by atoms with Crippen molar-refractivity contribution < 1.29 is 0 Å². The predicted molar refractivity (Wildman–Crippen MR) is 513 cm³/mol. The van der Waals surface area contributed by atoms with Crippen molar-refractivity contribution in [2.24, 2.45) is 0 Å². The number of aryl methyl sites for hydroxylation is 2. The summed E-state index contributed by atoms with van der Waals surface area (Å²) in [6, 6.07) is 0. The van der Waals surface area contributed by atoms with Crippen molar-refractivity contribution in [3.05, 3.63) is 9.88 Å². The standard InChI is InChI=1S/C6H10NPS.47BH3/c1-4-6(8-3)7-5(2)9-4;;;;;;;;;;;;;;;;;;;;;;;;;;;;;;;;;;;;;;;;;;;;;;;/h8H,1-3H3;47*1H3. The molecule has 0 fully saturated rings. The molecule has 0 N–H and O–H groups in total. The van der Waals surface area contributed by atoms with Crippen LogP contribution < -0.4 is 5.44 Å². The second kappa shape index (κ2) is 830. The number of rotatable bonds is 1. The molecule has 1 rings (SSSR count). The lowest BCUT2D eigenvalue weighted by Gasteiger charge is -1.86. The Morgan fingerprint density at radius 1 is 0.250 bits per heavy atom. The minimum atomic E-state index is 0. The highest BCUT2D eigenvalue weighted by molar-refractivity contribution is 7.47. The van der Waals surface area contributed by atoms with Crippen molar-refractivity contribution in [1.29, 1.82) is 0 Å². The molecule has 0 aromatic carbocycles. The number of hydrogen-bond donors (Lipinski definition) is 0. The van der Waals surface area contributed by atoms with Crippen LogP contribution in [0, 0.1) is 13.8 Å². The normalized spacial score (nSPS) is 1.84. The lowest BCUT2D eigenvalue weighted by Crippen LogP contribution is -1.96. The molecule has 0 amide bonds. The molecular weight excluding hydrogens is 657 g/mol. The Kier molecular flexibility index (Phi) is 20200. The Labute approximate surface area is 452 Å². The molecule has 1 aromatic rings. The van der Waals surface area contributed by atoms with Gasteiger partial charge in [0.15, 0.2) is 0 Å². The Balaban J connectivity index is -0.000000000383. The first-order valence-corrected chi connectivity index (χ1v) is 5.17. The second-order valence-electron chi connectivity index (χ2n) is 1.89. The van der Waals surface area contributed by atoms with E-state index in [0.717, 1.165) is 8.58 Å². The van der Waals surface area contributed by atoms with E-state index in [4.69, 9.17) is 0 Å². The SMILES string of the molecule is B.B.B.B.B.B.B.B.B.B.B.B.B.B.B.B.B.B.B.B.B.B.B.B.B.B.B.B.B.B.B.B.B.B.B.B.B.B.B.B.B.B.B.B.B.B.B.CPc1nc(C)sc1C. The average molecular weight is 809 g/mol. The van der Waals surface area contributed by atoms with Crippen LogP contribution in [0.5, 0.6) is 0 Å². The molecule has 1 nitrogen and oxygen atoms in total. The van der Waals surface area contributed by atoms with Gasteiger partial charge in [-0.1, -0.05) is 8.58 Å². The van der Waals surface area contributed by atoms with Gasteiger partial charge in [0.2, 0.25) is 0 Å². The Bertz CT molecular complexity index is 242. The quantitative estimate of drug-likeness (QED) is 0.203. The van der Waals surface area contributed by atoms with Crippen molar-refractivity contribution >= 4 is 421 Å². The Morgan fingerprint density at radius 2 is 0.357 bits per heavy atom. The van der Waals surface area contributed by atoms with Gasteiger partial charge in [0.1, 0.15) is 0 Å². The van der Waals surface area contributed by atoms with E-state index in [9.17, 15) is 0 Å². The number of hydrogen-bond acceptors (Lipinski definition) is 2. The zero-order valence-electron chi connectivity index (χ0n) is 5.86. The van der Waals surface area contributed by atoms with Gasteiger partial charge >= 0.3 is 0 Å². The fourth-order valence-electron chi connectivity index (χ4n) is 0.761. The van der Waals surface area contributed by atoms with Crippen LogP contribution in [0.2, 0.25) is 0 Å². The molecule has 0 saturated heterocycles. The van der Waals surface area contributed by atoms with Crippen LogP contribution in [-0.4, -0.2) is 407 Å². The molecule has 1 atom stereocenters. The van der Waals surface area contributed by atoms with Crippen molar-refractivity contribution in [2.45, 2.75) is 13.8 Å². The number of thiazole rings is 1. The monoisotopic (exact) mass is 819 g/mol. The highest BCUT2D eigenvalue weighted by Gasteiger charge is 1.99. The molecule has 50 heteroatoms. The van der Waals surface area contributed by atoms with E-state index in [2.05, 4.69) is 25.5 Å². The highest BCUT2D eigenvalue weighted by atomic mass is 32.1. The molecule has 332 valence electrons. The second-order valence-corrected chi connectivity index (χ2v) is 4.27. The van der Waals surface area contributed by atoms with Crippen LogP contribution in [0.4, 0.5) is 0 Å². The van der Waals surface area contributed by atoms with Gasteiger partial charge < -0.3 is 0 Å². The van der Waals surface area contributed by atoms with Gasteiger partial charge in [-0.05, 0) is 20.5 Å². The van der Waals surface area contributed by atoms with Crippen LogP contribution in [0.25, 0.3) is 0 Å². The average Bonchev–Trinajstić information content (AvgIpc) is 2.10. The minimum absolute atomic E-state index is 0. The van der Waals surface area contributed by atoms with E-state index in [1.807, 2.05) is 0 Å². The smallest absolute Gasteiger partial charge is 0.0904 e. The van der Waals surface area contributed by atoms with Crippen LogP contribution in [0.3, 0.4) is 0 Å². The Morgan fingerprint density at radius 3 is 0.393 bits per heavy atom. The maximum Gasteiger partial charge on any atom is 0.0904 e. The summed E-state index contributed by atoms with van der Waals surface area (Å²) in [6.45, 7) is 6.36. The van der Waals surface area contributed by atoms with Crippen molar-refractivity contribution in [1.82, 2.24) is 4.98 Å². The molecule has 0 spiro atoms. The maximum absolute atomic E-state index is 4.36. The van der Waals surface area contributed by atoms with Gasteiger partial charge in [-0.3, -0.25) is 0 Å². The molecule has 56 heavy (non-hydrogen) atoms. The zero-order valence-corrected chi connectivity index (χ0v) is 7.67. The van der Waals surface area contributed by atoms with E-state index in [-0.39, 0.29) is 395 Å². The summed E-state index contributed by atoms with van der Waals surface area (Å²) in [5, 5.41) is 1.19. The molecule has 1 aromatic heterocycles. The summed E-state index contributed by atoms with van der Waals surface area (Å²) in [4.78, 5) is 5.74. The molecule has 0 aliphatic heterocycles. The largest absolute Gasteiger partial charge is 0.242 e. The third-order valence-electron chi connectivity index (χ3n) is 1.14. The fraction of sp³-hybridized carbons (Fsp3) is 0.500. The highest BCUT2D eigenvalue weighted by Crippen LogP contribution is 2.14. The van der Waals surface area contributed by atoms with Gasteiger partial charge in [0.05, 0.1) is 406 Å². The van der Waals surface area contributed by atoms with Gasteiger partial charge in [0.25, 0.3) is 0 Å². The van der Waals surface area contributed by atoms with Crippen LogP contribution in [0.15, 0.2) is 0 Å². The molecule has 0 aliphatic rings. The predicted octanol–water partition coefficient (Wildman–Crippen LogP) is -53.9. The lowest BCUT2D eigenvalue weighted by molar-refractivity contribution is 1.33. The molecule has 0 saturated carbocycles. The van der Waals surface area contributed by atoms with Crippen LogP contribution >= 0.6 is 19.9 Å². The first kappa shape index (κ1) is 1360. The van der Waals surface area contributed by atoms with E-state index in [0.29, 0.717) is 0 Å². The molecule has 1 unspecified atom stereocenters. The first-order chi connectivity index (χ1) is 4.24. The number of aromatic nitrogens is 1. The topological polar surface area (TPSA) is 12.9 Å². The number of nitrogens with zero attached hydrogens (tertiary/aromatic N) is 1. The maximum atomic E-state index is 4.36. The molecule has 1 heterocycles. The van der Waals surface area contributed by atoms with Gasteiger partial charge in [-0.15, -0.1) is 11.3 Å². The summed E-state index contributed by atoms with van der Waals surface area (Å²) in [5.41, 5.74) is 1.29. The van der Waals surface area contributed by atoms with Gasteiger partial charge in [-0.25, -0.2) is 4.98 Å². The summed E-state index contributed by atoms with van der Waals surface area (Å²) in [7, 11) is 0.849. The molecule has 0 radical (unpaired) electrons. The minimum Gasteiger partial charge on any atom is -0.242 e. The molecule has 0 aliphatic carbocycles. The summed E-state index contributed by atoms with van der Waals surface area (Å²) in [5.74, 6) is 0. The third kappa shape index (κ3) is 614. The summed E-state index contributed by atoms with van der Waals surface area (Å²) < 4.78 is 0. The lowest BCUT2D eigenvalue weighted by atomic mass is 10.6. The van der Waals surface area contributed by atoms with E-state index < -0.39 is 0 Å². The molecule has 0 bridgehead atoms. The third-order valence-corrected chi connectivity index (χ3v) is 3.17. The van der Waals surface area contributed by atoms with Crippen LogP contribution in [-0.2, 0) is 0 Å². The van der Waals surface area contributed by atoms with Crippen LogP contribution in [0.1, 0.15) is 9.88 Å². The van der Waals surface area contributed by atoms with E-state index in [1.54, 1.807) is 11.3 Å². The van der Waals surface area contributed by atoms with Gasteiger partial charge in [0, 0.05) is 4.88 Å². The van der Waals surface area contributed by atoms with Gasteiger partial charge in [-0.2, -0.15) is 0 Å². The van der Waals surface area contributed by atoms with E-state index in [1.165, 1.54) is 15.3 Å². The first-order valence-electron chi connectivity index (χ1n) is 2.86. The molecular formula is C6H151B47NPS.